The van der Waals surface area contributed by atoms with Gasteiger partial charge in [0.05, 0.1) is 7.11 Å². The molecule has 0 aromatic rings. The normalized spacial score (nSPS) is 41.5. The maximum atomic E-state index is 12.9. The zero-order chi connectivity index (χ0) is 22.5. The van der Waals surface area contributed by atoms with Gasteiger partial charge in [0.15, 0.2) is 0 Å². The van der Waals surface area contributed by atoms with E-state index in [4.69, 9.17) is 4.84 Å². The van der Waals surface area contributed by atoms with E-state index in [0.29, 0.717) is 0 Å². The van der Waals surface area contributed by atoms with E-state index in [-0.39, 0.29) is 17.2 Å². The minimum atomic E-state index is 0.174. The summed E-state index contributed by atoms with van der Waals surface area (Å²) in [6.07, 6.45) is 14.0. The Morgan fingerprint density at radius 3 is 2.30 bits per heavy atom. The zero-order valence-electron chi connectivity index (χ0n) is 21.0. The Morgan fingerprint density at radius 1 is 1.03 bits per heavy atom. The van der Waals surface area contributed by atoms with E-state index in [1.807, 2.05) is 20.8 Å². The molecule has 8 atom stereocenters. The Bertz CT molecular complexity index is 561. The van der Waals surface area contributed by atoms with Gasteiger partial charge in [-0.15, -0.1) is 6.58 Å². The molecule has 4 aliphatic carbocycles. The molecule has 0 aliphatic heterocycles. The van der Waals surface area contributed by atoms with Gasteiger partial charge in [0.1, 0.15) is 0 Å². The van der Waals surface area contributed by atoms with Crippen LogP contribution in [0.4, 0.5) is 0 Å². The molecule has 0 bridgehead atoms. The highest BCUT2D eigenvalue weighted by atomic mass is 16.7. The molecule has 174 valence electrons. The standard InChI is InChI=1S/C22H37NO2.C3H6.C2H6/c1-14-5-7-16-15(13-14)6-8-18-17(16)11-12-22(2)19(18)9-10-20(22)21(24)23(3)25-4;1-3-2;1-2/h14-20H,5-13H2,1-4H3;3H,1H2,2H3;1-2H3. The van der Waals surface area contributed by atoms with E-state index in [9.17, 15) is 4.79 Å². The molecule has 4 aliphatic rings. The minimum absolute atomic E-state index is 0.174. The molecule has 0 saturated heterocycles. The molecule has 30 heavy (non-hydrogen) atoms. The molecule has 0 aromatic heterocycles. The van der Waals surface area contributed by atoms with Crippen LogP contribution in [0.25, 0.3) is 0 Å². The van der Waals surface area contributed by atoms with Crippen LogP contribution in [0.5, 0.6) is 0 Å². The summed E-state index contributed by atoms with van der Waals surface area (Å²) in [5.41, 5.74) is 0.208. The first kappa shape index (κ1) is 25.4. The van der Waals surface area contributed by atoms with Crippen LogP contribution in [0.15, 0.2) is 12.7 Å². The SMILES string of the molecule is C=CC.CC.CON(C)C(=O)C1CCC2C3CCC4CC(C)CCC4C3CCC12C. The lowest BCUT2D eigenvalue weighted by Crippen LogP contribution is -2.50. The predicted molar refractivity (Wildman–Crippen MR) is 127 cm³/mol. The molecule has 0 heterocycles. The fraction of sp³-hybridized carbons (Fsp3) is 0.889. The molecule has 4 saturated carbocycles. The number of nitrogens with zero attached hydrogens (tertiary/aromatic N) is 1. The molecule has 1 amide bonds. The second kappa shape index (κ2) is 11.2. The number of hydroxylamine groups is 2. The fourth-order valence-electron chi connectivity index (χ4n) is 7.80. The summed E-state index contributed by atoms with van der Waals surface area (Å²) in [4.78, 5) is 18.1. The van der Waals surface area contributed by atoms with Crippen molar-refractivity contribution in [2.45, 2.75) is 92.4 Å². The van der Waals surface area contributed by atoms with Crippen LogP contribution in [-0.2, 0) is 9.63 Å². The van der Waals surface area contributed by atoms with Crippen molar-refractivity contribution in [1.82, 2.24) is 5.06 Å². The van der Waals surface area contributed by atoms with E-state index in [2.05, 4.69) is 20.4 Å². The molecular weight excluding hydrogens is 370 g/mol. The van der Waals surface area contributed by atoms with Gasteiger partial charge < -0.3 is 0 Å². The average molecular weight is 420 g/mol. The van der Waals surface area contributed by atoms with Gasteiger partial charge in [0.2, 0.25) is 5.91 Å². The maximum absolute atomic E-state index is 12.9. The predicted octanol–water partition coefficient (Wildman–Crippen LogP) is 7.13. The molecule has 0 spiro atoms. The first-order chi connectivity index (χ1) is 14.4. The van der Waals surface area contributed by atoms with Crippen LogP contribution >= 0.6 is 0 Å². The molecular formula is C27H49NO2. The summed E-state index contributed by atoms with van der Waals surface area (Å²) >= 11 is 0. The highest BCUT2D eigenvalue weighted by molar-refractivity contribution is 5.79. The van der Waals surface area contributed by atoms with Gasteiger partial charge in [-0.1, -0.05) is 40.2 Å². The first-order valence-electron chi connectivity index (χ1n) is 12.8. The van der Waals surface area contributed by atoms with Crippen molar-refractivity contribution in [3.05, 3.63) is 12.7 Å². The summed E-state index contributed by atoms with van der Waals surface area (Å²) in [5, 5.41) is 1.48. The number of rotatable bonds is 2. The molecule has 0 aromatic carbocycles. The van der Waals surface area contributed by atoms with Gasteiger partial charge >= 0.3 is 0 Å². The van der Waals surface area contributed by atoms with Gasteiger partial charge in [-0.2, -0.15) is 0 Å². The lowest BCUT2D eigenvalue weighted by molar-refractivity contribution is -0.179. The van der Waals surface area contributed by atoms with Gasteiger partial charge in [-0.25, -0.2) is 5.06 Å². The number of allylic oxidation sites excluding steroid dienone is 1. The Labute approximate surface area is 187 Å². The molecule has 3 nitrogen and oxygen atoms in total. The van der Waals surface area contributed by atoms with Crippen LogP contribution in [0.1, 0.15) is 92.4 Å². The monoisotopic (exact) mass is 419 g/mol. The summed E-state index contributed by atoms with van der Waals surface area (Å²) in [6.45, 7) is 14.1. The van der Waals surface area contributed by atoms with Crippen LogP contribution in [-0.4, -0.2) is 25.1 Å². The molecule has 0 N–H and O–H groups in total. The van der Waals surface area contributed by atoms with Crippen LogP contribution in [0.3, 0.4) is 0 Å². The summed E-state index contributed by atoms with van der Waals surface area (Å²) in [7, 11) is 3.38. The highest BCUT2D eigenvalue weighted by Gasteiger charge is 2.58. The topological polar surface area (TPSA) is 29.5 Å². The third kappa shape index (κ3) is 4.81. The molecule has 0 radical (unpaired) electrons. The minimum Gasteiger partial charge on any atom is -0.275 e. The van der Waals surface area contributed by atoms with Gasteiger partial charge in [-0.3, -0.25) is 9.63 Å². The molecule has 4 fully saturated rings. The Kier molecular flexibility index (Phi) is 9.46. The van der Waals surface area contributed by atoms with Crippen molar-refractivity contribution < 1.29 is 9.63 Å². The number of hydrogen-bond acceptors (Lipinski definition) is 2. The second-order valence-electron chi connectivity index (χ2n) is 10.5. The first-order valence-corrected chi connectivity index (χ1v) is 12.8. The van der Waals surface area contributed by atoms with Crippen molar-refractivity contribution in [2.75, 3.05) is 14.2 Å². The van der Waals surface area contributed by atoms with Crippen molar-refractivity contribution in [1.29, 1.82) is 0 Å². The van der Waals surface area contributed by atoms with E-state index in [1.54, 1.807) is 20.2 Å². The Morgan fingerprint density at radius 2 is 1.67 bits per heavy atom. The maximum Gasteiger partial charge on any atom is 0.249 e. The second-order valence-corrected chi connectivity index (χ2v) is 10.5. The van der Waals surface area contributed by atoms with Crippen molar-refractivity contribution in [3.63, 3.8) is 0 Å². The largest absolute Gasteiger partial charge is 0.275 e. The fourth-order valence-corrected chi connectivity index (χ4v) is 7.80. The molecule has 8 unspecified atom stereocenters. The number of fused-ring (bicyclic) bond motifs is 5. The van der Waals surface area contributed by atoms with Crippen LogP contribution < -0.4 is 0 Å². The molecule has 4 rings (SSSR count). The average Bonchev–Trinajstić information content (AvgIpc) is 3.11. The van der Waals surface area contributed by atoms with Gasteiger partial charge in [-0.05, 0) is 99.2 Å². The highest BCUT2D eigenvalue weighted by Crippen LogP contribution is 2.64. The lowest BCUT2D eigenvalue weighted by Gasteiger charge is -2.56. The van der Waals surface area contributed by atoms with Gasteiger partial charge in [0.25, 0.3) is 0 Å². The number of amides is 1. The third-order valence-electron chi connectivity index (χ3n) is 9.10. The Balaban J connectivity index is 0.000000590. The molecule has 3 heteroatoms. The summed E-state index contributed by atoms with van der Waals surface area (Å²) < 4.78 is 0. The van der Waals surface area contributed by atoms with E-state index >= 15 is 0 Å². The Hall–Kier alpha value is -0.830. The summed E-state index contributed by atoms with van der Waals surface area (Å²) in [5.74, 6) is 5.95. The quantitative estimate of drug-likeness (QED) is 0.352. The van der Waals surface area contributed by atoms with E-state index in [1.165, 1.54) is 56.4 Å². The van der Waals surface area contributed by atoms with Crippen LogP contribution in [0.2, 0.25) is 0 Å². The van der Waals surface area contributed by atoms with E-state index in [0.717, 1.165) is 41.9 Å². The van der Waals surface area contributed by atoms with Crippen molar-refractivity contribution in [3.8, 4) is 0 Å². The smallest absolute Gasteiger partial charge is 0.249 e. The van der Waals surface area contributed by atoms with Gasteiger partial charge in [0, 0.05) is 13.0 Å². The zero-order valence-corrected chi connectivity index (χ0v) is 21.0. The lowest BCUT2D eigenvalue weighted by atomic mass is 9.49. The van der Waals surface area contributed by atoms with E-state index < -0.39 is 0 Å². The van der Waals surface area contributed by atoms with Crippen LogP contribution in [0, 0.1) is 46.8 Å². The number of hydrogen-bond donors (Lipinski definition) is 0. The number of carbonyl (C=O) groups excluding carboxylic acids is 1. The third-order valence-corrected chi connectivity index (χ3v) is 9.10. The number of carbonyl (C=O) groups is 1. The summed E-state index contributed by atoms with van der Waals surface area (Å²) in [6, 6.07) is 0. The van der Waals surface area contributed by atoms with Crippen molar-refractivity contribution >= 4 is 5.91 Å². The van der Waals surface area contributed by atoms with Crippen molar-refractivity contribution in [2.24, 2.45) is 46.8 Å².